The lowest BCUT2D eigenvalue weighted by Gasteiger charge is -2.36. The summed E-state index contributed by atoms with van der Waals surface area (Å²) in [5, 5.41) is 7.58. The van der Waals surface area contributed by atoms with E-state index in [0.29, 0.717) is 12.8 Å². The van der Waals surface area contributed by atoms with Crippen molar-refractivity contribution >= 4 is 16.0 Å². The van der Waals surface area contributed by atoms with E-state index in [1.165, 1.54) is 11.1 Å². The molecule has 33 heavy (non-hydrogen) atoms. The second kappa shape index (κ2) is 12.2. The van der Waals surface area contributed by atoms with Crippen molar-refractivity contribution in [3.63, 3.8) is 0 Å². The maximum absolute atomic E-state index is 13.3. The molecule has 2 aliphatic rings. The molecule has 0 aromatic heterocycles. The van der Waals surface area contributed by atoms with Gasteiger partial charge in [0.15, 0.2) is 0 Å². The van der Waals surface area contributed by atoms with Gasteiger partial charge in [0.05, 0.1) is 19.0 Å². The largest absolute Gasteiger partial charge is 0.373 e. The first kappa shape index (κ1) is 25.3. The molecule has 1 saturated heterocycles. The van der Waals surface area contributed by atoms with Gasteiger partial charge in [0.1, 0.15) is 0 Å². The first-order valence-corrected chi connectivity index (χ1v) is 13.1. The van der Waals surface area contributed by atoms with Gasteiger partial charge in [-0.2, -0.15) is 8.42 Å². The van der Waals surface area contributed by atoms with Gasteiger partial charge in [-0.15, -0.1) is 0 Å². The summed E-state index contributed by atoms with van der Waals surface area (Å²) in [5.74, 6) is 0.0756. The van der Waals surface area contributed by atoms with Crippen LogP contribution >= 0.6 is 0 Å². The van der Waals surface area contributed by atoms with Crippen LogP contribution in [-0.4, -0.2) is 74.5 Å². The zero-order valence-corrected chi connectivity index (χ0v) is 19.8. The smallest absolute Gasteiger partial charge is 0.268 e. The first-order chi connectivity index (χ1) is 15.8. The predicted octanol–water partition coefficient (Wildman–Crippen LogP) is 2.55. The maximum atomic E-state index is 13.3. The summed E-state index contributed by atoms with van der Waals surface area (Å²) in [6.45, 7) is 5.06. The third-order valence-electron chi connectivity index (χ3n) is 5.61. The SMILES string of the molecule is CS(=O)(=O)O.O=C(c1ccccc1)N(CCC1OCCc2ccccc21)N1CCCNCC1. The molecule has 2 aromatic rings. The summed E-state index contributed by atoms with van der Waals surface area (Å²) in [7, 11) is -3.67. The summed E-state index contributed by atoms with van der Waals surface area (Å²) in [6, 6.07) is 18.1. The Balaban J connectivity index is 0.000000555. The minimum Gasteiger partial charge on any atom is -0.373 e. The normalized spacial score (nSPS) is 18.9. The highest BCUT2D eigenvalue weighted by Crippen LogP contribution is 2.30. The number of nitrogens with one attached hydrogen (secondary N) is 1. The highest BCUT2D eigenvalue weighted by molar-refractivity contribution is 7.85. The number of hydrazine groups is 1. The molecule has 2 heterocycles. The van der Waals surface area contributed by atoms with E-state index in [0.717, 1.165) is 57.6 Å². The van der Waals surface area contributed by atoms with Crippen molar-refractivity contribution in [1.82, 2.24) is 15.3 Å². The summed E-state index contributed by atoms with van der Waals surface area (Å²) in [4.78, 5) is 13.3. The van der Waals surface area contributed by atoms with Gasteiger partial charge in [-0.25, -0.2) is 5.01 Å². The number of hydrogen-bond acceptors (Lipinski definition) is 6. The van der Waals surface area contributed by atoms with Crippen molar-refractivity contribution < 1.29 is 22.5 Å². The van der Waals surface area contributed by atoms with Gasteiger partial charge >= 0.3 is 0 Å². The number of rotatable bonds is 5. The average molecular weight is 476 g/mol. The molecule has 8 nitrogen and oxygen atoms in total. The van der Waals surface area contributed by atoms with Gasteiger partial charge in [-0.1, -0.05) is 42.5 Å². The minimum absolute atomic E-state index is 0.0566. The van der Waals surface area contributed by atoms with Crippen LogP contribution in [0.5, 0.6) is 0 Å². The van der Waals surface area contributed by atoms with Gasteiger partial charge in [-0.3, -0.25) is 14.4 Å². The molecule has 1 amide bonds. The van der Waals surface area contributed by atoms with Crippen molar-refractivity contribution in [2.45, 2.75) is 25.4 Å². The molecule has 0 aliphatic carbocycles. The fourth-order valence-corrected chi connectivity index (χ4v) is 4.13. The molecule has 1 atom stereocenters. The molecule has 2 aromatic carbocycles. The van der Waals surface area contributed by atoms with Gasteiger partial charge < -0.3 is 10.1 Å². The van der Waals surface area contributed by atoms with Crippen molar-refractivity contribution in [3.8, 4) is 0 Å². The van der Waals surface area contributed by atoms with Crippen molar-refractivity contribution in [3.05, 3.63) is 71.3 Å². The molecule has 1 unspecified atom stereocenters. The minimum atomic E-state index is -3.67. The summed E-state index contributed by atoms with van der Waals surface area (Å²) in [6.07, 6.45) is 3.59. The van der Waals surface area contributed by atoms with E-state index in [2.05, 4.69) is 34.6 Å². The van der Waals surface area contributed by atoms with Crippen molar-refractivity contribution in [1.29, 1.82) is 0 Å². The zero-order chi connectivity index (χ0) is 23.7. The fourth-order valence-electron chi connectivity index (χ4n) is 4.13. The lowest BCUT2D eigenvalue weighted by Crippen LogP contribution is -2.48. The lowest BCUT2D eigenvalue weighted by atomic mass is 9.96. The number of hydrogen-bond donors (Lipinski definition) is 2. The van der Waals surface area contributed by atoms with Crippen LogP contribution in [0.2, 0.25) is 0 Å². The second-order valence-electron chi connectivity index (χ2n) is 8.18. The van der Waals surface area contributed by atoms with E-state index >= 15 is 0 Å². The van der Waals surface area contributed by atoms with Crippen LogP contribution in [-0.2, 0) is 21.3 Å². The molecule has 0 radical (unpaired) electrons. The Bertz CT molecular complexity index is 984. The third kappa shape index (κ3) is 8.21. The molecule has 0 bridgehead atoms. The van der Waals surface area contributed by atoms with Crippen LogP contribution in [0.3, 0.4) is 0 Å². The number of amides is 1. The first-order valence-electron chi connectivity index (χ1n) is 11.3. The number of ether oxygens (including phenoxy) is 1. The van der Waals surface area contributed by atoms with E-state index in [-0.39, 0.29) is 12.0 Å². The summed E-state index contributed by atoms with van der Waals surface area (Å²) >= 11 is 0. The number of carbonyl (C=O) groups excluding carboxylic acids is 1. The Morgan fingerprint density at radius 3 is 2.58 bits per heavy atom. The third-order valence-corrected chi connectivity index (χ3v) is 5.61. The highest BCUT2D eigenvalue weighted by atomic mass is 32.2. The number of fused-ring (bicyclic) bond motifs is 1. The molecule has 2 N–H and O–H groups in total. The van der Waals surface area contributed by atoms with Gasteiger partial charge in [0.2, 0.25) is 0 Å². The predicted molar refractivity (Wildman–Crippen MR) is 127 cm³/mol. The number of nitrogens with zero attached hydrogens (tertiary/aromatic N) is 2. The molecule has 4 rings (SSSR count). The molecule has 0 spiro atoms. The Morgan fingerprint density at radius 2 is 1.82 bits per heavy atom. The maximum Gasteiger partial charge on any atom is 0.268 e. The fraction of sp³-hybridized carbons (Fsp3) is 0.458. The molecule has 2 aliphatic heterocycles. The van der Waals surface area contributed by atoms with Crippen LogP contribution in [0.25, 0.3) is 0 Å². The van der Waals surface area contributed by atoms with E-state index in [1.807, 2.05) is 35.3 Å². The number of carbonyl (C=O) groups is 1. The Morgan fingerprint density at radius 1 is 1.12 bits per heavy atom. The van der Waals surface area contributed by atoms with Crippen molar-refractivity contribution in [2.24, 2.45) is 0 Å². The Kier molecular flexibility index (Phi) is 9.40. The van der Waals surface area contributed by atoms with E-state index in [4.69, 9.17) is 9.29 Å². The van der Waals surface area contributed by atoms with Crippen LogP contribution < -0.4 is 5.32 Å². The highest BCUT2D eigenvalue weighted by Gasteiger charge is 2.27. The molecule has 180 valence electrons. The van der Waals surface area contributed by atoms with E-state index < -0.39 is 10.1 Å². The van der Waals surface area contributed by atoms with Crippen LogP contribution in [0.15, 0.2) is 54.6 Å². The van der Waals surface area contributed by atoms with E-state index in [9.17, 15) is 13.2 Å². The summed E-state index contributed by atoms with van der Waals surface area (Å²) < 4.78 is 32.0. The average Bonchev–Trinajstić information content (AvgIpc) is 3.08. The van der Waals surface area contributed by atoms with Gasteiger partial charge in [-0.05, 0) is 49.1 Å². The van der Waals surface area contributed by atoms with Crippen LogP contribution in [0, 0.1) is 0 Å². The monoisotopic (exact) mass is 475 g/mol. The quantitative estimate of drug-likeness (QED) is 0.641. The Hall–Kier alpha value is -2.30. The van der Waals surface area contributed by atoms with Gasteiger partial charge in [0, 0.05) is 31.7 Å². The molecular weight excluding hydrogens is 442 g/mol. The van der Waals surface area contributed by atoms with Gasteiger partial charge in [0.25, 0.3) is 16.0 Å². The van der Waals surface area contributed by atoms with Crippen LogP contribution in [0.4, 0.5) is 0 Å². The second-order valence-corrected chi connectivity index (χ2v) is 9.65. The van der Waals surface area contributed by atoms with Crippen LogP contribution in [0.1, 0.15) is 40.4 Å². The molecule has 9 heteroatoms. The molecular formula is C24H33N3O5S. The van der Waals surface area contributed by atoms with Crippen molar-refractivity contribution in [2.75, 3.05) is 45.6 Å². The summed E-state index contributed by atoms with van der Waals surface area (Å²) in [5.41, 5.74) is 3.39. The number of benzene rings is 2. The molecule has 1 fully saturated rings. The van der Waals surface area contributed by atoms with E-state index in [1.54, 1.807) is 0 Å². The lowest BCUT2D eigenvalue weighted by molar-refractivity contribution is -0.0248. The standard InChI is InChI=1S/C23H29N3O2.CH4O3S/c27-23(20-8-2-1-3-9-20)26(25-15-6-13-24-14-17-25)16-11-22-21-10-5-4-7-19(21)12-18-28-22;1-5(2,3)4/h1-5,7-10,22,24H,6,11-18H2;1H3,(H,2,3,4). The Labute approximate surface area is 196 Å². The molecule has 0 saturated carbocycles. The topological polar surface area (TPSA) is 99.2 Å². The zero-order valence-electron chi connectivity index (χ0n) is 19.0.